The van der Waals surface area contributed by atoms with Crippen molar-refractivity contribution in [1.29, 1.82) is 0 Å². The van der Waals surface area contributed by atoms with Gasteiger partial charge in [-0.05, 0) is 25.5 Å². The predicted octanol–water partition coefficient (Wildman–Crippen LogP) is 1.35. The SMILES string of the molecule is CCCC(C)NS(=O)(=O)c1cc(NN)ccc1[N+](=O)[O-]. The van der Waals surface area contributed by atoms with Crippen LogP contribution in [0.1, 0.15) is 26.7 Å². The summed E-state index contributed by atoms with van der Waals surface area (Å²) in [5.41, 5.74) is 2.06. The van der Waals surface area contributed by atoms with Gasteiger partial charge in [0.15, 0.2) is 4.90 Å². The smallest absolute Gasteiger partial charge is 0.289 e. The quantitative estimate of drug-likeness (QED) is 0.396. The molecule has 1 aromatic rings. The number of anilines is 1. The Bertz CT molecular complexity index is 588. The molecule has 1 atom stereocenters. The number of hydrogen-bond acceptors (Lipinski definition) is 6. The third kappa shape index (κ3) is 3.89. The largest absolute Gasteiger partial charge is 0.324 e. The van der Waals surface area contributed by atoms with E-state index in [0.717, 1.165) is 18.6 Å². The highest BCUT2D eigenvalue weighted by Gasteiger charge is 2.27. The number of rotatable bonds is 7. The van der Waals surface area contributed by atoms with E-state index in [0.29, 0.717) is 6.42 Å². The highest BCUT2D eigenvalue weighted by molar-refractivity contribution is 7.89. The van der Waals surface area contributed by atoms with Gasteiger partial charge in [0.05, 0.1) is 10.6 Å². The van der Waals surface area contributed by atoms with Crippen LogP contribution in [0.4, 0.5) is 11.4 Å². The van der Waals surface area contributed by atoms with Crippen LogP contribution < -0.4 is 16.0 Å². The van der Waals surface area contributed by atoms with Gasteiger partial charge in [0.25, 0.3) is 5.69 Å². The number of nitrogens with one attached hydrogen (secondary N) is 2. The fourth-order valence-electron chi connectivity index (χ4n) is 1.79. The van der Waals surface area contributed by atoms with E-state index in [2.05, 4.69) is 10.1 Å². The zero-order valence-corrected chi connectivity index (χ0v) is 12.1. The van der Waals surface area contributed by atoms with Gasteiger partial charge in [-0.1, -0.05) is 13.3 Å². The van der Waals surface area contributed by atoms with Crippen LogP contribution in [0.25, 0.3) is 0 Å². The topological polar surface area (TPSA) is 127 Å². The van der Waals surface area contributed by atoms with Gasteiger partial charge < -0.3 is 5.43 Å². The van der Waals surface area contributed by atoms with E-state index in [9.17, 15) is 18.5 Å². The molecule has 112 valence electrons. The second kappa shape index (κ2) is 6.64. The molecule has 1 rings (SSSR count). The van der Waals surface area contributed by atoms with Crippen LogP contribution in [0.3, 0.4) is 0 Å². The van der Waals surface area contributed by atoms with E-state index in [1.165, 1.54) is 6.07 Å². The van der Waals surface area contributed by atoms with Crippen molar-refractivity contribution >= 4 is 21.4 Å². The Labute approximate surface area is 117 Å². The van der Waals surface area contributed by atoms with Crippen molar-refractivity contribution < 1.29 is 13.3 Å². The van der Waals surface area contributed by atoms with Crippen molar-refractivity contribution in [3.8, 4) is 0 Å². The Hall–Kier alpha value is -1.71. The highest BCUT2D eigenvalue weighted by Crippen LogP contribution is 2.27. The second-order valence-corrected chi connectivity index (χ2v) is 6.08. The minimum atomic E-state index is -3.98. The Morgan fingerprint density at radius 2 is 2.10 bits per heavy atom. The van der Waals surface area contributed by atoms with Gasteiger partial charge in [-0.25, -0.2) is 13.1 Å². The molecule has 0 bridgehead atoms. The van der Waals surface area contributed by atoms with Gasteiger partial charge in [-0.3, -0.25) is 16.0 Å². The van der Waals surface area contributed by atoms with E-state index < -0.39 is 25.5 Å². The monoisotopic (exact) mass is 302 g/mol. The summed E-state index contributed by atoms with van der Waals surface area (Å²) in [6.45, 7) is 3.63. The maximum absolute atomic E-state index is 12.2. The van der Waals surface area contributed by atoms with Gasteiger partial charge in [0.1, 0.15) is 0 Å². The van der Waals surface area contributed by atoms with Crippen LogP contribution in [-0.4, -0.2) is 19.4 Å². The van der Waals surface area contributed by atoms with E-state index in [1.54, 1.807) is 6.92 Å². The van der Waals surface area contributed by atoms with Crippen molar-refractivity contribution in [2.75, 3.05) is 5.43 Å². The average molecular weight is 302 g/mol. The van der Waals surface area contributed by atoms with Crippen molar-refractivity contribution in [1.82, 2.24) is 4.72 Å². The van der Waals surface area contributed by atoms with Crippen molar-refractivity contribution in [3.63, 3.8) is 0 Å². The summed E-state index contributed by atoms with van der Waals surface area (Å²) < 4.78 is 26.9. The lowest BCUT2D eigenvalue weighted by atomic mass is 10.2. The predicted molar refractivity (Wildman–Crippen MR) is 75.6 cm³/mol. The molecule has 9 heteroatoms. The summed E-state index contributed by atoms with van der Waals surface area (Å²) in [5, 5.41) is 10.9. The number of nitrogen functional groups attached to an aromatic ring is 1. The lowest BCUT2D eigenvalue weighted by Crippen LogP contribution is -2.32. The normalized spacial score (nSPS) is 12.9. The van der Waals surface area contributed by atoms with Gasteiger partial charge in [0, 0.05) is 12.1 Å². The lowest BCUT2D eigenvalue weighted by molar-refractivity contribution is -0.387. The Balaban J connectivity index is 3.24. The van der Waals surface area contributed by atoms with Crippen LogP contribution >= 0.6 is 0 Å². The van der Waals surface area contributed by atoms with Crippen LogP contribution in [0, 0.1) is 10.1 Å². The molecule has 0 aliphatic carbocycles. The van der Waals surface area contributed by atoms with Crippen molar-refractivity contribution in [2.24, 2.45) is 5.84 Å². The summed E-state index contributed by atoms with van der Waals surface area (Å²) in [4.78, 5) is 9.80. The third-order valence-electron chi connectivity index (χ3n) is 2.69. The maximum atomic E-state index is 12.2. The molecular formula is C11H18N4O4S. The molecule has 0 radical (unpaired) electrons. The second-order valence-electron chi connectivity index (χ2n) is 4.39. The molecule has 0 aliphatic rings. The molecule has 0 aromatic heterocycles. The van der Waals surface area contributed by atoms with Gasteiger partial charge in [0.2, 0.25) is 10.0 Å². The first kappa shape index (κ1) is 16.3. The molecular weight excluding hydrogens is 284 g/mol. The fraction of sp³-hybridized carbons (Fsp3) is 0.455. The van der Waals surface area contributed by atoms with Crippen molar-refractivity contribution in [2.45, 2.75) is 37.6 Å². The summed E-state index contributed by atoms with van der Waals surface area (Å²) in [5.74, 6) is 5.20. The summed E-state index contributed by atoms with van der Waals surface area (Å²) in [7, 11) is -3.98. The first-order chi connectivity index (χ1) is 9.31. The molecule has 0 saturated carbocycles. The molecule has 0 amide bonds. The summed E-state index contributed by atoms with van der Waals surface area (Å²) in [6.07, 6.45) is 1.44. The number of hydrazine groups is 1. The number of hydrogen-bond donors (Lipinski definition) is 3. The first-order valence-electron chi connectivity index (χ1n) is 6.09. The molecule has 0 fully saturated rings. The Morgan fingerprint density at radius 1 is 1.45 bits per heavy atom. The van der Waals surface area contributed by atoms with Crippen molar-refractivity contribution in [3.05, 3.63) is 28.3 Å². The maximum Gasteiger partial charge on any atom is 0.289 e. The Kier molecular flexibility index (Phi) is 5.43. The molecule has 0 spiro atoms. The van der Waals surface area contributed by atoms with Gasteiger partial charge in [-0.2, -0.15) is 0 Å². The summed E-state index contributed by atoms with van der Waals surface area (Å²) in [6, 6.07) is 3.28. The van der Waals surface area contributed by atoms with E-state index in [1.807, 2.05) is 6.92 Å². The number of nitro groups is 1. The fourth-order valence-corrected chi connectivity index (χ4v) is 3.26. The number of nitrogens with zero attached hydrogens (tertiary/aromatic N) is 1. The Morgan fingerprint density at radius 3 is 2.60 bits per heavy atom. The van der Waals surface area contributed by atoms with Crippen LogP contribution in [0.5, 0.6) is 0 Å². The van der Waals surface area contributed by atoms with E-state index in [-0.39, 0.29) is 11.7 Å². The number of benzene rings is 1. The van der Waals surface area contributed by atoms with E-state index >= 15 is 0 Å². The van der Waals surface area contributed by atoms with Crippen LogP contribution in [0.2, 0.25) is 0 Å². The number of sulfonamides is 1. The number of nitrogens with two attached hydrogens (primary N) is 1. The zero-order chi connectivity index (χ0) is 15.3. The van der Waals surface area contributed by atoms with Gasteiger partial charge in [-0.15, -0.1) is 0 Å². The summed E-state index contributed by atoms with van der Waals surface area (Å²) >= 11 is 0. The van der Waals surface area contributed by atoms with Crippen LogP contribution in [-0.2, 0) is 10.0 Å². The minimum absolute atomic E-state index is 0.277. The third-order valence-corrected chi connectivity index (χ3v) is 4.31. The molecule has 1 unspecified atom stereocenters. The minimum Gasteiger partial charge on any atom is -0.324 e. The molecule has 20 heavy (non-hydrogen) atoms. The standard InChI is InChI=1S/C11H18N4O4S/c1-3-4-8(2)14-20(18,19)11-7-9(13-12)5-6-10(11)15(16)17/h5-8,13-14H,3-4,12H2,1-2H3. The lowest BCUT2D eigenvalue weighted by Gasteiger charge is -2.14. The average Bonchev–Trinajstić information content (AvgIpc) is 2.37. The molecule has 4 N–H and O–H groups in total. The van der Waals surface area contributed by atoms with E-state index in [4.69, 9.17) is 5.84 Å². The van der Waals surface area contributed by atoms with Crippen LogP contribution in [0.15, 0.2) is 23.1 Å². The molecule has 0 saturated heterocycles. The highest BCUT2D eigenvalue weighted by atomic mass is 32.2. The van der Waals surface area contributed by atoms with Gasteiger partial charge >= 0.3 is 0 Å². The number of nitro benzene ring substituents is 1. The molecule has 0 heterocycles. The molecule has 1 aromatic carbocycles. The molecule has 0 aliphatic heterocycles. The first-order valence-corrected chi connectivity index (χ1v) is 7.57. The zero-order valence-electron chi connectivity index (χ0n) is 11.3. The molecule has 8 nitrogen and oxygen atoms in total.